The van der Waals surface area contributed by atoms with Crippen molar-refractivity contribution in [3.63, 3.8) is 0 Å². The van der Waals surface area contributed by atoms with Gasteiger partial charge in [-0.25, -0.2) is 13.1 Å². The summed E-state index contributed by atoms with van der Waals surface area (Å²) in [5, 5.41) is 1.45. The molecule has 0 saturated carbocycles. The Morgan fingerprint density at radius 2 is 2.06 bits per heavy atom. The largest absolute Gasteiger partial charge is 0.329 e. The van der Waals surface area contributed by atoms with Gasteiger partial charge in [0.05, 0.1) is 4.90 Å². The van der Waals surface area contributed by atoms with Gasteiger partial charge in [0.25, 0.3) is 0 Å². The number of pyridine rings is 1. The zero-order chi connectivity index (χ0) is 12.3. The fraction of sp³-hybridized carbons (Fsp3) is 0.182. The lowest BCUT2D eigenvalue weighted by Crippen LogP contribution is -2.29. The summed E-state index contributed by atoms with van der Waals surface area (Å²) in [4.78, 5) is 4.22. The fourth-order valence-electron chi connectivity index (χ4n) is 1.60. The summed E-state index contributed by atoms with van der Waals surface area (Å²) in [6.07, 6.45) is 3.21. The molecule has 0 aliphatic heterocycles. The van der Waals surface area contributed by atoms with Gasteiger partial charge in [0.15, 0.2) is 0 Å². The Hall–Kier alpha value is -1.21. The van der Waals surface area contributed by atoms with E-state index >= 15 is 0 Å². The van der Waals surface area contributed by atoms with Crippen LogP contribution in [0.5, 0.6) is 0 Å². The van der Waals surface area contributed by atoms with Crippen molar-refractivity contribution in [1.29, 1.82) is 0 Å². The molecule has 1 heterocycles. The maximum absolute atomic E-state index is 12.0. The third-order valence-corrected chi connectivity index (χ3v) is 3.89. The molecule has 1 aromatic carbocycles. The Kier molecular flexibility index (Phi) is 5.03. The zero-order valence-electron chi connectivity index (χ0n) is 9.54. The van der Waals surface area contributed by atoms with E-state index in [1.54, 1.807) is 30.6 Å². The maximum atomic E-state index is 12.0. The van der Waals surface area contributed by atoms with Crippen LogP contribution in [0.15, 0.2) is 41.6 Å². The van der Waals surface area contributed by atoms with Crippen LogP contribution in [-0.2, 0) is 10.0 Å². The van der Waals surface area contributed by atoms with E-state index in [4.69, 9.17) is 5.73 Å². The predicted octanol–water partition coefficient (Wildman–Crippen LogP) is 0.894. The molecule has 3 N–H and O–H groups in total. The molecule has 0 atom stereocenters. The molecule has 0 fully saturated rings. The molecule has 0 unspecified atom stereocenters. The summed E-state index contributed by atoms with van der Waals surface area (Å²) in [5.74, 6) is 0. The molecule has 0 amide bonds. The van der Waals surface area contributed by atoms with E-state index < -0.39 is 10.0 Å². The van der Waals surface area contributed by atoms with Crippen LogP contribution in [0, 0.1) is 0 Å². The van der Waals surface area contributed by atoms with E-state index in [9.17, 15) is 8.42 Å². The number of rotatable bonds is 4. The van der Waals surface area contributed by atoms with Crippen molar-refractivity contribution in [2.45, 2.75) is 4.90 Å². The molecule has 1 aromatic heterocycles. The first-order valence-electron chi connectivity index (χ1n) is 5.17. The van der Waals surface area contributed by atoms with E-state index in [1.807, 2.05) is 6.07 Å². The van der Waals surface area contributed by atoms with Crippen LogP contribution in [-0.4, -0.2) is 26.5 Å². The molecule has 2 rings (SSSR count). The number of halogens is 1. The quantitative estimate of drug-likeness (QED) is 0.875. The Morgan fingerprint density at radius 1 is 1.28 bits per heavy atom. The highest BCUT2D eigenvalue weighted by Crippen LogP contribution is 2.21. The van der Waals surface area contributed by atoms with Gasteiger partial charge in [0.1, 0.15) is 0 Å². The van der Waals surface area contributed by atoms with Crippen molar-refractivity contribution in [3.05, 3.63) is 36.7 Å². The third-order valence-electron chi connectivity index (χ3n) is 2.37. The number of hydrogen-bond acceptors (Lipinski definition) is 4. The van der Waals surface area contributed by atoms with Crippen molar-refractivity contribution in [2.75, 3.05) is 13.1 Å². The van der Waals surface area contributed by atoms with Crippen molar-refractivity contribution in [2.24, 2.45) is 5.73 Å². The summed E-state index contributed by atoms with van der Waals surface area (Å²) in [7, 11) is -3.51. The highest BCUT2D eigenvalue weighted by atomic mass is 35.5. The van der Waals surface area contributed by atoms with Crippen LogP contribution in [0.4, 0.5) is 0 Å². The van der Waals surface area contributed by atoms with Gasteiger partial charge in [-0.1, -0.05) is 12.1 Å². The number of hydrogen-bond donors (Lipinski definition) is 2. The first-order valence-corrected chi connectivity index (χ1v) is 6.66. The van der Waals surface area contributed by atoms with Crippen molar-refractivity contribution < 1.29 is 8.42 Å². The average Bonchev–Trinajstić information content (AvgIpc) is 2.36. The molecule has 5 nitrogen and oxygen atoms in total. The van der Waals surface area contributed by atoms with Crippen LogP contribution in [0.3, 0.4) is 0 Å². The second-order valence-electron chi connectivity index (χ2n) is 3.54. The van der Waals surface area contributed by atoms with E-state index in [1.165, 1.54) is 0 Å². The van der Waals surface area contributed by atoms with E-state index in [-0.39, 0.29) is 30.4 Å². The van der Waals surface area contributed by atoms with Gasteiger partial charge in [-0.15, -0.1) is 12.4 Å². The Labute approximate surface area is 112 Å². The van der Waals surface area contributed by atoms with Crippen LogP contribution in [0.25, 0.3) is 10.8 Å². The van der Waals surface area contributed by atoms with Crippen molar-refractivity contribution >= 4 is 33.2 Å². The van der Waals surface area contributed by atoms with Crippen LogP contribution in [0.2, 0.25) is 0 Å². The van der Waals surface area contributed by atoms with Gasteiger partial charge in [-0.2, -0.15) is 0 Å². The summed E-state index contributed by atoms with van der Waals surface area (Å²) >= 11 is 0. The number of benzene rings is 1. The highest BCUT2D eigenvalue weighted by Gasteiger charge is 2.15. The molecule has 0 saturated heterocycles. The number of nitrogens with zero attached hydrogens (tertiary/aromatic N) is 1. The molecule has 18 heavy (non-hydrogen) atoms. The molecule has 0 aliphatic carbocycles. The molecular formula is C11H14ClN3O2S. The number of nitrogens with two attached hydrogens (primary N) is 1. The highest BCUT2D eigenvalue weighted by molar-refractivity contribution is 7.89. The van der Waals surface area contributed by atoms with Gasteiger partial charge >= 0.3 is 0 Å². The minimum absolute atomic E-state index is 0. The van der Waals surface area contributed by atoms with Crippen molar-refractivity contribution in [1.82, 2.24) is 9.71 Å². The van der Waals surface area contributed by atoms with E-state index in [0.29, 0.717) is 5.39 Å². The van der Waals surface area contributed by atoms with Gasteiger partial charge in [-0.05, 0) is 12.1 Å². The van der Waals surface area contributed by atoms with Gasteiger partial charge in [0.2, 0.25) is 10.0 Å². The Bertz CT molecular complexity index is 626. The standard InChI is InChI=1S/C11H13N3O2S.ClH/c12-5-7-14-17(15,16)11-3-1-2-9-8-13-6-4-10(9)11;/h1-4,6,8,14H,5,7,12H2;1H. The second-order valence-corrected chi connectivity index (χ2v) is 5.27. The zero-order valence-corrected chi connectivity index (χ0v) is 11.2. The topological polar surface area (TPSA) is 85.1 Å². The minimum Gasteiger partial charge on any atom is -0.329 e. The van der Waals surface area contributed by atoms with Gasteiger partial charge in [0, 0.05) is 36.3 Å². The first-order chi connectivity index (χ1) is 8.15. The smallest absolute Gasteiger partial charge is 0.241 e. The lowest BCUT2D eigenvalue weighted by atomic mass is 10.2. The molecule has 0 spiro atoms. The molecule has 0 bridgehead atoms. The van der Waals surface area contributed by atoms with Crippen molar-refractivity contribution in [3.8, 4) is 0 Å². The van der Waals surface area contributed by atoms with Gasteiger partial charge < -0.3 is 5.73 Å². The Balaban J connectivity index is 0.00000162. The van der Waals surface area contributed by atoms with Crippen LogP contribution in [0.1, 0.15) is 0 Å². The summed E-state index contributed by atoms with van der Waals surface area (Å²) in [5.41, 5.74) is 5.29. The number of sulfonamides is 1. The molecular weight excluding hydrogens is 274 g/mol. The molecule has 98 valence electrons. The molecule has 0 aliphatic rings. The minimum atomic E-state index is -3.51. The maximum Gasteiger partial charge on any atom is 0.241 e. The van der Waals surface area contributed by atoms with Crippen LogP contribution >= 0.6 is 12.4 Å². The number of fused-ring (bicyclic) bond motifs is 1. The number of nitrogens with one attached hydrogen (secondary N) is 1. The fourth-order valence-corrected chi connectivity index (χ4v) is 2.87. The average molecular weight is 288 g/mol. The predicted molar refractivity (Wildman–Crippen MR) is 73.2 cm³/mol. The number of aromatic nitrogens is 1. The molecule has 0 radical (unpaired) electrons. The van der Waals surface area contributed by atoms with E-state index in [0.717, 1.165) is 5.39 Å². The van der Waals surface area contributed by atoms with E-state index in [2.05, 4.69) is 9.71 Å². The lowest BCUT2D eigenvalue weighted by molar-refractivity contribution is 0.583. The summed E-state index contributed by atoms with van der Waals surface area (Å²) < 4.78 is 26.5. The van der Waals surface area contributed by atoms with Gasteiger partial charge in [-0.3, -0.25) is 4.98 Å². The molecule has 2 aromatic rings. The SMILES string of the molecule is Cl.NCCNS(=O)(=O)c1cccc2cnccc12. The Morgan fingerprint density at radius 3 is 2.78 bits per heavy atom. The normalized spacial score (nSPS) is 11.2. The van der Waals surface area contributed by atoms with Crippen LogP contribution < -0.4 is 10.5 Å². The third kappa shape index (κ3) is 2.97. The first kappa shape index (κ1) is 14.8. The summed E-state index contributed by atoms with van der Waals surface area (Å²) in [6.45, 7) is 0.495. The monoisotopic (exact) mass is 287 g/mol. The lowest BCUT2D eigenvalue weighted by Gasteiger charge is -2.08. The summed E-state index contributed by atoms with van der Waals surface area (Å²) in [6, 6.07) is 6.78. The molecule has 7 heteroatoms. The second kappa shape index (κ2) is 6.10.